The molecule has 35 heavy (non-hydrogen) atoms. The van der Waals surface area contributed by atoms with E-state index in [0.29, 0.717) is 34.4 Å². The van der Waals surface area contributed by atoms with E-state index < -0.39 is 0 Å². The third-order valence-electron chi connectivity index (χ3n) is 5.48. The summed E-state index contributed by atoms with van der Waals surface area (Å²) in [7, 11) is 6.27. The molecule has 0 N–H and O–H groups in total. The van der Waals surface area contributed by atoms with Crippen molar-refractivity contribution in [1.82, 2.24) is 20.0 Å². The summed E-state index contributed by atoms with van der Waals surface area (Å²) in [6, 6.07) is 13.9. The van der Waals surface area contributed by atoms with Crippen molar-refractivity contribution in [1.29, 1.82) is 0 Å². The number of fused-ring (bicyclic) bond motifs is 1. The zero-order valence-electron chi connectivity index (χ0n) is 19.4. The molecule has 178 valence electrons. The molecular weight excluding hydrogens is 471 g/mol. The van der Waals surface area contributed by atoms with Crippen LogP contribution in [0.2, 0.25) is 0 Å². The Kier molecular flexibility index (Phi) is 5.96. The van der Waals surface area contributed by atoms with Gasteiger partial charge in [0.2, 0.25) is 5.75 Å². The zero-order chi connectivity index (χ0) is 24.5. The van der Waals surface area contributed by atoms with E-state index in [-0.39, 0.29) is 5.82 Å². The second-order valence-corrected chi connectivity index (χ2v) is 8.51. The molecule has 3 aromatic carbocycles. The molecule has 10 heteroatoms. The lowest BCUT2D eigenvalue weighted by atomic mass is 10.1. The normalized spacial score (nSPS) is 11.0. The number of hydrogen-bond donors (Lipinski definition) is 0. The Morgan fingerprint density at radius 2 is 1.51 bits per heavy atom. The predicted octanol–water partition coefficient (Wildman–Crippen LogP) is 5.38. The van der Waals surface area contributed by atoms with E-state index in [1.807, 2.05) is 30.3 Å². The Labute approximate surface area is 204 Å². The highest BCUT2D eigenvalue weighted by atomic mass is 32.1. The summed E-state index contributed by atoms with van der Waals surface area (Å²) in [5.41, 5.74) is 3.68. The van der Waals surface area contributed by atoms with Crippen LogP contribution in [-0.4, -0.2) is 48.4 Å². The lowest BCUT2D eigenvalue weighted by Crippen LogP contribution is -1.99. The van der Waals surface area contributed by atoms with Crippen LogP contribution in [0.25, 0.3) is 37.7 Å². The fourth-order valence-electron chi connectivity index (χ4n) is 3.76. The minimum Gasteiger partial charge on any atom is -0.494 e. The van der Waals surface area contributed by atoms with Crippen molar-refractivity contribution in [2.24, 2.45) is 0 Å². The van der Waals surface area contributed by atoms with E-state index >= 15 is 0 Å². The molecule has 0 amide bonds. The lowest BCUT2D eigenvalue weighted by Gasteiger charge is -2.13. The number of thiazole rings is 1. The van der Waals surface area contributed by atoms with Crippen LogP contribution >= 0.6 is 11.3 Å². The molecule has 2 aromatic heterocycles. The van der Waals surface area contributed by atoms with Crippen molar-refractivity contribution in [3.63, 3.8) is 0 Å². The first kappa shape index (κ1) is 22.6. The van der Waals surface area contributed by atoms with Gasteiger partial charge >= 0.3 is 0 Å². The molecule has 0 aliphatic heterocycles. The molecule has 0 radical (unpaired) electrons. The van der Waals surface area contributed by atoms with Crippen LogP contribution < -0.4 is 18.9 Å². The Hall–Kier alpha value is -4.18. The number of methoxy groups -OCH3 is 4. The van der Waals surface area contributed by atoms with Gasteiger partial charge in [0.25, 0.3) is 0 Å². The minimum atomic E-state index is -0.283. The molecule has 8 nitrogen and oxygen atoms in total. The van der Waals surface area contributed by atoms with Crippen LogP contribution in [-0.2, 0) is 0 Å². The maximum atomic E-state index is 13.6. The number of ether oxygens (including phenoxy) is 4. The maximum absolute atomic E-state index is 13.6. The predicted molar refractivity (Wildman–Crippen MR) is 132 cm³/mol. The van der Waals surface area contributed by atoms with Crippen molar-refractivity contribution in [3.8, 4) is 50.5 Å². The number of aromatic nitrogens is 4. The van der Waals surface area contributed by atoms with E-state index in [4.69, 9.17) is 18.9 Å². The van der Waals surface area contributed by atoms with Crippen LogP contribution in [0, 0.1) is 5.82 Å². The average molecular weight is 493 g/mol. The van der Waals surface area contributed by atoms with Gasteiger partial charge < -0.3 is 18.9 Å². The molecule has 0 aliphatic rings. The summed E-state index contributed by atoms with van der Waals surface area (Å²) in [5.74, 6) is 1.85. The Balaban J connectivity index is 1.51. The van der Waals surface area contributed by atoms with Crippen molar-refractivity contribution in [2.75, 3.05) is 28.4 Å². The number of nitrogens with zero attached hydrogens (tertiary/aromatic N) is 4. The quantitative estimate of drug-likeness (QED) is 0.302. The molecule has 0 fully saturated rings. The van der Waals surface area contributed by atoms with Crippen LogP contribution in [0.15, 0.2) is 54.7 Å². The van der Waals surface area contributed by atoms with Gasteiger partial charge in [-0.1, -0.05) is 5.21 Å². The summed E-state index contributed by atoms with van der Waals surface area (Å²) in [6.45, 7) is 0. The van der Waals surface area contributed by atoms with E-state index in [0.717, 1.165) is 26.4 Å². The lowest BCUT2D eigenvalue weighted by molar-refractivity contribution is 0.324. The minimum absolute atomic E-state index is 0.283. The summed E-state index contributed by atoms with van der Waals surface area (Å²) in [6.07, 6.45) is 1.79. The zero-order valence-corrected chi connectivity index (χ0v) is 20.2. The smallest absolute Gasteiger partial charge is 0.203 e. The highest BCUT2D eigenvalue weighted by Crippen LogP contribution is 2.41. The van der Waals surface area contributed by atoms with Crippen LogP contribution in [0.4, 0.5) is 4.39 Å². The average Bonchev–Trinajstić information content (AvgIpc) is 3.54. The fraction of sp³-hybridized carbons (Fsp3) is 0.160. The highest BCUT2D eigenvalue weighted by molar-refractivity contribution is 7.21. The molecule has 2 heterocycles. The molecule has 5 aromatic rings. The van der Waals surface area contributed by atoms with Gasteiger partial charge in [-0.3, -0.25) is 0 Å². The molecule has 5 rings (SSSR count). The first-order valence-corrected chi connectivity index (χ1v) is 11.3. The molecule has 0 spiro atoms. The van der Waals surface area contributed by atoms with Crippen molar-refractivity contribution in [2.45, 2.75) is 0 Å². The molecule has 0 unspecified atom stereocenters. The Morgan fingerprint density at radius 1 is 0.800 bits per heavy atom. The standard InChI is InChI=1S/C25H21FN4O4S/c1-31-20-9-14(25-27-17-7-6-16(26)12-23(17)35-25)5-8-19(20)30-13-18(28-29-30)15-10-21(32-2)24(34-4)22(11-15)33-3/h5-13H,1-4H3. The topological polar surface area (TPSA) is 80.5 Å². The van der Waals surface area contributed by atoms with Crippen LogP contribution in [0.1, 0.15) is 0 Å². The van der Waals surface area contributed by atoms with Crippen LogP contribution in [0.5, 0.6) is 23.0 Å². The number of halogens is 1. The monoisotopic (exact) mass is 492 g/mol. The van der Waals surface area contributed by atoms with Gasteiger partial charge in [0.05, 0.1) is 44.9 Å². The van der Waals surface area contributed by atoms with Gasteiger partial charge in [-0.25, -0.2) is 14.1 Å². The van der Waals surface area contributed by atoms with Crippen LogP contribution in [0.3, 0.4) is 0 Å². The SMILES string of the molecule is COc1cc(-c2nc3ccc(F)cc3s2)ccc1-n1cc(-c2cc(OC)c(OC)c(OC)c2)nn1. The molecule has 0 bridgehead atoms. The summed E-state index contributed by atoms with van der Waals surface area (Å²) in [5, 5.41) is 9.38. The third kappa shape index (κ3) is 4.12. The number of rotatable bonds is 7. The van der Waals surface area contributed by atoms with E-state index in [1.54, 1.807) is 45.4 Å². The summed E-state index contributed by atoms with van der Waals surface area (Å²) < 4.78 is 37.9. The van der Waals surface area contributed by atoms with Gasteiger partial charge in [-0.15, -0.1) is 16.4 Å². The van der Waals surface area contributed by atoms with Gasteiger partial charge in [-0.2, -0.15) is 0 Å². The molecule has 0 atom stereocenters. The maximum Gasteiger partial charge on any atom is 0.203 e. The van der Waals surface area contributed by atoms with Crippen molar-refractivity contribution < 1.29 is 23.3 Å². The van der Waals surface area contributed by atoms with Gasteiger partial charge in [-0.05, 0) is 48.5 Å². The highest BCUT2D eigenvalue weighted by Gasteiger charge is 2.17. The first-order valence-electron chi connectivity index (χ1n) is 10.5. The first-order chi connectivity index (χ1) is 17.0. The van der Waals surface area contributed by atoms with E-state index in [1.165, 1.54) is 23.5 Å². The molecule has 0 saturated heterocycles. The van der Waals surface area contributed by atoms with Crippen molar-refractivity contribution >= 4 is 21.6 Å². The fourth-order valence-corrected chi connectivity index (χ4v) is 4.75. The van der Waals surface area contributed by atoms with Crippen molar-refractivity contribution in [3.05, 3.63) is 60.5 Å². The largest absolute Gasteiger partial charge is 0.494 e. The second-order valence-electron chi connectivity index (χ2n) is 7.48. The Morgan fingerprint density at radius 3 is 2.20 bits per heavy atom. The number of hydrogen-bond acceptors (Lipinski definition) is 8. The molecule has 0 aliphatic carbocycles. The second kappa shape index (κ2) is 9.22. The summed E-state index contributed by atoms with van der Waals surface area (Å²) in [4.78, 5) is 4.62. The molecular formula is C25H21FN4O4S. The third-order valence-corrected chi connectivity index (χ3v) is 6.55. The van der Waals surface area contributed by atoms with Gasteiger partial charge in [0, 0.05) is 11.1 Å². The number of benzene rings is 3. The summed E-state index contributed by atoms with van der Waals surface area (Å²) >= 11 is 1.42. The van der Waals surface area contributed by atoms with E-state index in [9.17, 15) is 4.39 Å². The molecule has 0 saturated carbocycles. The van der Waals surface area contributed by atoms with Gasteiger partial charge in [0.1, 0.15) is 28.0 Å². The van der Waals surface area contributed by atoms with Gasteiger partial charge in [0.15, 0.2) is 11.5 Å². The van der Waals surface area contributed by atoms with E-state index in [2.05, 4.69) is 15.3 Å². The Bertz CT molecular complexity index is 1510.